The van der Waals surface area contributed by atoms with Gasteiger partial charge in [0.1, 0.15) is 0 Å². The normalized spacial score (nSPS) is 13.1. The molecule has 0 aliphatic carbocycles. The smallest absolute Gasteiger partial charge is 0.203 e. The van der Waals surface area contributed by atoms with Crippen molar-refractivity contribution in [2.24, 2.45) is 0 Å². The van der Waals surface area contributed by atoms with Gasteiger partial charge < -0.3 is 0 Å². The molecule has 0 aliphatic heterocycles. The van der Waals surface area contributed by atoms with E-state index in [2.05, 4.69) is 0 Å². The van der Waals surface area contributed by atoms with Gasteiger partial charge in [0.05, 0.1) is 0 Å². The maximum absolute atomic E-state index is 9.74. The second kappa shape index (κ2) is 4.56. The first kappa shape index (κ1) is 8.69. The van der Waals surface area contributed by atoms with Crippen LogP contribution in [0.1, 0.15) is 19.8 Å². The summed E-state index contributed by atoms with van der Waals surface area (Å²) >= 11 is 5.54. The van der Waals surface area contributed by atoms with Gasteiger partial charge in [-0.3, -0.25) is 10.1 Å². The van der Waals surface area contributed by atoms with Crippen LogP contribution in [0.4, 0.5) is 0 Å². The SMILES string of the molecule is CC(Cl)CCC[N+](=O)[O-]. The summed E-state index contributed by atoms with van der Waals surface area (Å²) in [6.45, 7) is 1.87. The number of hydrogen-bond acceptors (Lipinski definition) is 2. The van der Waals surface area contributed by atoms with Crippen molar-refractivity contribution in [3.8, 4) is 0 Å². The van der Waals surface area contributed by atoms with Crippen LogP contribution in [-0.2, 0) is 0 Å². The molecule has 3 nitrogen and oxygen atoms in total. The van der Waals surface area contributed by atoms with Crippen LogP contribution in [0.2, 0.25) is 0 Å². The van der Waals surface area contributed by atoms with Gasteiger partial charge in [-0.2, -0.15) is 0 Å². The van der Waals surface area contributed by atoms with Gasteiger partial charge >= 0.3 is 0 Å². The highest BCUT2D eigenvalue weighted by Gasteiger charge is 1.99. The van der Waals surface area contributed by atoms with Crippen LogP contribution in [0.5, 0.6) is 0 Å². The van der Waals surface area contributed by atoms with Crippen LogP contribution in [-0.4, -0.2) is 16.8 Å². The van der Waals surface area contributed by atoms with E-state index >= 15 is 0 Å². The molecule has 54 valence electrons. The molecule has 0 amide bonds. The lowest BCUT2D eigenvalue weighted by molar-refractivity contribution is -0.480. The Balaban J connectivity index is 3.01. The van der Waals surface area contributed by atoms with Crippen molar-refractivity contribution in [2.45, 2.75) is 25.1 Å². The number of hydrogen-bond donors (Lipinski definition) is 0. The molecule has 0 bridgehead atoms. The van der Waals surface area contributed by atoms with Gasteiger partial charge in [-0.25, -0.2) is 0 Å². The average Bonchev–Trinajstić information content (AvgIpc) is 1.63. The van der Waals surface area contributed by atoms with Crippen molar-refractivity contribution in [2.75, 3.05) is 6.54 Å². The Hall–Kier alpha value is -0.310. The van der Waals surface area contributed by atoms with Crippen molar-refractivity contribution in [3.63, 3.8) is 0 Å². The molecule has 0 saturated heterocycles. The Morgan fingerprint density at radius 1 is 1.78 bits per heavy atom. The molecule has 0 spiro atoms. The molecular formula is C5H10ClNO2. The van der Waals surface area contributed by atoms with E-state index in [9.17, 15) is 10.1 Å². The lowest BCUT2D eigenvalue weighted by atomic mass is 10.2. The second-order valence-corrected chi connectivity index (χ2v) is 2.72. The Bertz CT molecular complexity index is 95.0. The van der Waals surface area contributed by atoms with Gasteiger partial charge in [-0.05, 0) is 13.3 Å². The Labute approximate surface area is 59.2 Å². The molecule has 0 aromatic carbocycles. The summed E-state index contributed by atoms with van der Waals surface area (Å²) in [6, 6.07) is 0. The Morgan fingerprint density at radius 2 is 2.33 bits per heavy atom. The highest BCUT2D eigenvalue weighted by Crippen LogP contribution is 2.02. The molecule has 0 aromatic rings. The van der Waals surface area contributed by atoms with Gasteiger partial charge in [0.15, 0.2) is 0 Å². The molecule has 0 fully saturated rings. The van der Waals surface area contributed by atoms with E-state index in [-0.39, 0.29) is 16.8 Å². The van der Waals surface area contributed by atoms with Crippen molar-refractivity contribution >= 4 is 11.6 Å². The maximum atomic E-state index is 9.74. The molecule has 0 heterocycles. The minimum atomic E-state index is -0.320. The average molecular weight is 152 g/mol. The van der Waals surface area contributed by atoms with E-state index in [1.807, 2.05) is 6.92 Å². The standard InChI is InChI=1S/C5H10ClNO2/c1-5(6)3-2-4-7(8)9/h5H,2-4H2,1H3. The summed E-state index contributed by atoms with van der Waals surface area (Å²) in [5, 5.41) is 9.80. The molecule has 9 heavy (non-hydrogen) atoms. The van der Waals surface area contributed by atoms with Crippen LogP contribution in [0.3, 0.4) is 0 Å². The molecule has 0 N–H and O–H groups in total. The highest BCUT2D eigenvalue weighted by molar-refractivity contribution is 6.20. The maximum Gasteiger partial charge on any atom is 0.203 e. The fourth-order valence-corrected chi connectivity index (χ4v) is 0.656. The molecule has 0 rings (SSSR count). The van der Waals surface area contributed by atoms with E-state index in [1.54, 1.807) is 0 Å². The largest absolute Gasteiger partial charge is 0.265 e. The molecule has 4 heteroatoms. The summed E-state index contributed by atoms with van der Waals surface area (Å²) in [7, 11) is 0. The number of alkyl halides is 1. The van der Waals surface area contributed by atoms with E-state index in [4.69, 9.17) is 11.6 Å². The van der Waals surface area contributed by atoms with E-state index in [0.29, 0.717) is 6.42 Å². The second-order valence-electron chi connectivity index (χ2n) is 1.98. The van der Waals surface area contributed by atoms with Crippen LogP contribution in [0.25, 0.3) is 0 Å². The Kier molecular flexibility index (Phi) is 4.40. The molecule has 0 radical (unpaired) electrons. The van der Waals surface area contributed by atoms with Crippen LogP contribution >= 0.6 is 11.6 Å². The van der Waals surface area contributed by atoms with Crippen molar-refractivity contribution in [1.82, 2.24) is 0 Å². The third kappa shape index (κ3) is 7.69. The topological polar surface area (TPSA) is 43.1 Å². The lowest BCUT2D eigenvalue weighted by Crippen LogP contribution is -2.02. The van der Waals surface area contributed by atoms with Gasteiger partial charge in [-0.15, -0.1) is 11.6 Å². The minimum absolute atomic E-state index is 0.0387. The number of halogens is 1. The van der Waals surface area contributed by atoms with Gasteiger partial charge in [0, 0.05) is 16.7 Å². The zero-order valence-electron chi connectivity index (χ0n) is 5.34. The zero-order chi connectivity index (χ0) is 7.28. The third-order valence-electron chi connectivity index (χ3n) is 0.943. The molecule has 1 atom stereocenters. The predicted molar refractivity (Wildman–Crippen MR) is 36.4 cm³/mol. The summed E-state index contributed by atoms with van der Waals surface area (Å²) in [5.41, 5.74) is 0. The number of nitro groups is 1. The zero-order valence-corrected chi connectivity index (χ0v) is 6.10. The summed E-state index contributed by atoms with van der Waals surface area (Å²) in [5.74, 6) is 0. The van der Waals surface area contributed by atoms with Gasteiger partial charge in [0.25, 0.3) is 0 Å². The van der Waals surface area contributed by atoms with E-state index < -0.39 is 0 Å². The first-order chi connectivity index (χ1) is 4.13. The summed E-state index contributed by atoms with van der Waals surface area (Å²) < 4.78 is 0. The minimum Gasteiger partial charge on any atom is -0.265 e. The molecule has 0 aliphatic rings. The monoisotopic (exact) mass is 151 g/mol. The van der Waals surface area contributed by atoms with Crippen molar-refractivity contribution < 1.29 is 4.92 Å². The lowest BCUT2D eigenvalue weighted by Gasteiger charge is -1.96. The molecule has 0 saturated carbocycles. The van der Waals surface area contributed by atoms with Crippen LogP contribution < -0.4 is 0 Å². The molecule has 0 aromatic heterocycles. The Morgan fingerprint density at radius 3 is 2.67 bits per heavy atom. The van der Waals surface area contributed by atoms with Gasteiger partial charge in [-0.1, -0.05) is 0 Å². The summed E-state index contributed by atoms with van der Waals surface area (Å²) in [4.78, 5) is 9.42. The number of rotatable bonds is 4. The fourth-order valence-electron chi connectivity index (χ4n) is 0.502. The van der Waals surface area contributed by atoms with Gasteiger partial charge in [0.2, 0.25) is 6.54 Å². The fraction of sp³-hybridized carbons (Fsp3) is 1.00. The first-order valence-electron chi connectivity index (χ1n) is 2.89. The predicted octanol–water partition coefficient (Wildman–Crippen LogP) is 1.67. The van der Waals surface area contributed by atoms with Crippen molar-refractivity contribution in [1.29, 1.82) is 0 Å². The van der Waals surface area contributed by atoms with Crippen LogP contribution in [0.15, 0.2) is 0 Å². The van der Waals surface area contributed by atoms with E-state index in [1.165, 1.54) is 0 Å². The van der Waals surface area contributed by atoms with E-state index in [0.717, 1.165) is 6.42 Å². The highest BCUT2D eigenvalue weighted by atomic mass is 35.5. The quantitative estimate of drug-likeness (QED) is 0.349. The first-order valence-corrected chi connectivity index (χ1v) is 3.32. The van der Waals surface area contributed by atoms with Crippen molar-refractivity contribution in [3.05, 3.63) is 10.1 Å². The third-order valence-corrected chi connectivity index (χ3v) is 1.16. The molecular weight excluding hydrogens is 142 g/mol. The van der Waals surface area contributed by atoms with Crippen LogP contribution in [0, 0.1) is 10.1 Å². The molecule has 1 unspecified atom stereocenters. The number of nitrogens with zero attached hydrogens (tertiary/aromatic N) is 1. The summed E-state index contributed by atoms with van der Waals surface area (Å²) in [6.07, 6.45) is 1.31.